The molecule has 0 aliphatic carbocycles. The summed E-state index contributed by atoms with van der Waals surface area (Å²) in [6.45, 7) is 0. The Kier molecular flexibility index (Phi) is 6.28. The zero-order valence-electron chi connectivity index (χ0n) is 25.1. The van der Waals surface area contributed by atoms with Gasteiger partial charge < -0.3 is 0 Å². The van der Waals surface area contributed by atoms with Gasteiger partial charge in [0.2, 0.25) is 0 Å². The van der Waals surface area contributed by atoms with Crippen LogP contribution in [0.2, 0.25) is 0 Å². The van der Waals surface area contributed by atoms with Crippen molar-refractivity contribution in [3.05, 3.63) is 158 Å². The van der Waals surface area contributed by atoms with Crippen molar-refractivity contribution < 1.29 is 4.39 Å². The number of hydrogen-bond acceptors (Lipinski definition) is 4. The molecule has 0 fully saturated rings. The molecule has 0 atom stereocenters. The van der Waals surface area contributed by atoms with Crippen molar-refractivity contribution in [2.24, 2.45) is 0 Å². The number of pyridine rings is 1. The van der Waals surface area contributed by atoms with Gasteiger partial charge in [0.1, 0.15) is 5.82 Å². The normalized spacial score (nSPS) is 11.5. The van der Waals surface area contributed by atoms with Gasteiger partial charge in [0, 0.05) is 34.6 Å². The largest absolute Gasteiger partial charge is 0.264 e. The summed E-state index contributed by atoms with van der Waals surface area (Å²) in [5.74, 6) is 1.25. The monoisotopic (exact) mass is 604 g/mol. The van der Waals surface area contributed by atoms with Gasteiger partial charge in [-0.1, -0.05) is 103 Å². The van der Waals surface area contributed by atoms with E-state index in [1.807, 2.05) is 36.5 Å². The first-order valence-electron chi connectivity index (χ1n) is 15.5. The van der Waals surface area contributed by atoms with Crippen molar-refractivity contribution in [3.8, 4) is 56.4 Å². The van der Waals surface area contributed by atoms with E-state index in [-0.39, 0.29) is 5.82 Å². The SMILES string of the molecule is Fc1ccc(-c2nc(-c3ccc(-c4ccc5ccc6cccc7ccc4c5c67)cc3)nc(-c3cccc(-c4cccnc4)c3)n2)cc1. The standard InChI is InChI=1S/C42H25FN4/c43-35-19-15-31(16-20-35)41-45-40(46-42(47-41)33-7-2-6-32(24-33)34-8-3-23-44-25-34)30-13-9-26(10-14-30)36-21-17-29-12-11-27-4-1-5-28-18-22-37(36)39(29)38(27)28/h1-25H. The Bertz CT molecular complexity index is 2550. The maximum Gasteiger partial charge on any atom is 0.164 e. The molecule has 2 aromatic heterocycles. The van der Waals surface area contributed by atoms with Crippen molar-refractivity contribution in [1.29, 1.82) is 0 Å². The lowest BCUT2D eigenvalue weighted by molar-refractivity contribution is 0.628. The predicted molar refractivity (Wildman–Crippen MR) is 188 cm³/mol. The molecule has 0 unspecified atom stereocenters. The second kappa shape index (κ2) is 10.9. The topological polar surface area (TPSA) is 51.6 Å². The first-order chi connectivity index (χ1) is 23.2. The molecule has 0 saturated heterocycles. The summed E-state index contributed by atoms with van der Waals surface area (Å²) in [5, 5.41) is 7.57. The molecule has 0 spiro atoms. The third-order valence-electron chi connectivity index (χ3n) is 8.84. The lowest BCUT2D eigenvalue weighted by Gasteiger charge is -2.14. The van der Waals surface area contributed by atoms with E-state index in [9.17, 15) is 4.39 Å². The van der Waals surface area contributed by atoms with Crippen molar-refractivity contribution in [2.75, 3.05) is 0 Å². The van der Waals surface area contributed by atoms with E-state index < -0.39 is 0 Å². The Hall–Kier alpha value is -6.33. The molecule has 0 N–H and O–H groups in total. The van der Waals surface area contributed by atoms with Crippen LogP contribution in [-0.4, -0.2) is 19.9 Å². The summed E-state index contributed by atoms with van der Waals surface area (Å²) < 4.78 is 13.8. The van der Waals surface area contributed by atoms with Crippen LogP contribution in [0, 0.1) is 5.82 Å². The van der Waals surface area contributed by atoms with Crippen LogP contribution in [0.5, 0.6) is 0 Å². The molecule has 0 amide bonds. The molecule has 4 nitrogen and oxygen atoms in total. The zero-order valence-corrected chi connectivity index (χ0v) is 25.1. The van der Waals surface area contributed by atoms with Crippen LogP contribution in [0.3, 0.4) is 0 Å². The van der Waals surface area contributed by atoms with Gasteiger partial charge in [0.25, 0.3) is 0 Å². The van der Waals surface area contributed by atoms with Crippen molar-refractivity contribution in [1.82, 2.24) is 19.9 Å². The zero-order chi connectivity index (χ0) is 31.3. The minimum Gasteiger partial charge on any atom is -0.264 e. The fraction of sp³-hybridized carbons (Fsp3) is 0. The second-order valence-electron chi connectivity index (χ2n) is 11.7. The van der Waals surface area contributed by atoms with E-state index in [0.717, 1.165) is 27.8 Å². The van der Waals surface area contributed by atoms with E-state index in [0.29, 0.717) is 23.0 Å². The molecule has 0 saturated carbocycles. The van der Waals surface area contributed by atoms with Crippen LogP contribution in [0.25, 0.3) is 88.7 Å². The molecule has 7 aromatic carbocycles. The van der Waals surface area contributed by atoms with Gasteiger partial charge in [-0.2, -0.15) is 0 Å². The Morgan fingerprint density at radius 1 is 0.404 bits per heavy atom. The number of hydrogen-bond donors (Lipinski definition) is 0. The summed E-state index contributed by atoms with van der Waals surface area (Å²) in [6, 6.07) is 46.4. The second-order valence-corrected chi connectivity index (χ2v) is 11.7. The Balaban J connectivity index is 1.16. The minimum absolute atomic E-state index is 0.310. The maximum atomic E-state index is 13.8. The van der Waals surface area contributed by atoms with Gasteiger partial charge in [-0.25, -0.2) is 19.3 Å². The average Bonchev–Trinajstić information content (AvgIpc) is 3.14. The van der Waals surface area contributed by atoms with Crippen molar-refractivity contribution >= 4 is 32.3 Å². The van der Waals surface area contributed by atoms with Gasteiger partial charge in [-0.05, 0) is 85.4 Å². The summed E-state index contributed by atoms with van der Waals surface area (Å²) in [4.78, 5) is 18.9. The summed E-state index contributed by atoms with van der Waals surface area (Å²) in [6.07, 6.45) is 3.60. The highest BCUT2D eigenvalue weighted by molar-refractivity contribution is 6.25. The van der Waals surface area contributed by atoms with Crippen molar-refractivity contribution in [3.63, 3.8) is 0 Å². The van der Waals surface area contributed by atoms with Gasteiger partial charge >= 0.3 is 0 Å². The smallest absolute Gasteiger partial charge is 0.164 e. The summed E-state index contributed by atoms with van der Waals surface area (Å²) >= 11 is 0. The number of halogens is 1. The molecular weight excluding hydrogens is 579 g/mol. The minimum atomic E-state index is -0.310. The first kappa shape index (κ1) is 27.0. The Morgan fingerprint density at radius 2 is 0.957 bits per heavy atom. The van der Waals surface area contributed by atoms with E-state index in [1.165, 1.54) is 50.0 Å². The summed E-state index contributed by atoms with van der Waals surface area (Å²) in [5.41, 5.74) is 6.74. The highest BCUT2D eigenvalue weighted by Crippen LogP contribution is 2.39. The first-order valence-corrected chi connectivity index (χ1v) is 15.5. The van der Waals surface area contributed by atoms with Gasteiger partial charge in [0.15, 0.2) is 17.5 Å². The predicted octanol–water partition coefficient (Wildman–Crippen LogP) is 10.6. The fourth-order valence-corrected chi connectivity index (χ4v) is 6.52. The Labute approximate surface area is 270 Å². The van der Waals surface area contributed by atoms with Gasteiger partial charge in [-0.15, -0.1) is 0 Å². The molecule has 9 rings (SSSR count). The maximum absolute atomic E-state index is 13.8. The molecule has 0 bridgehead atoms. The van der Waals surface area contributed by atoms with Crippen LogP contribution in [0.1, 0.15) is 0 Å². The van der Waals surface area contributed by atoms with Crippen LogP contribution < -0.4 is 0 Å². The van der Waals surface area contributed by atoms with E-state index >= 15 is 0 Å². The number of nitrogens with zero attached hydrogens (tertiary/aromatic N) is 4. The van der Waals surface area contributed by atoms with E-state index in [2.05, 4.69) is 89.9 Å². The molecule has 5 heteroatoms. The highest BCUT2D eigenvalue weighted by Gasteiger charge is 2.15. The molecule has 0 aliphatic rings. The third-order valence-corrected chi connectivity index (χ3v) is 8.84. The van der Waals surface area contributed by atoms with Crippen LogP contribution in [-0.2, 0) is 0 Å². The number of rotatable bonds is 5. The Morgan fingerprint density at radius 3 is 1.66 bits per heavy atom. The molecule has 2 heterocycles. The average molecular weight is 605 g/mol. The molecule has 0 aliphatic heterocycles. The number of aromatic nitrogens is 4. The molecule has 0 radical (unpaired) electrons. The third kappa shape index (κ3) is 4.77. The lowest BCUT2D eigenvalue weighted by Crippen LogP contribution is -2.00. The summed E-state index contributed by atoms with van der Waals surface area (Å²) in [7, 11) is 0. The highest BCUT2D eigenvalue weighted by atomic mass is 19.1. The van der Waals surface area contributed by atoms with E-state index in [1.54, 1.807) is 18.3 Å². The van der Waals surface area contributed by atoms with Crippen LogP contribution in [0.4, 0.5) is 4.39 Å². The number of benzene rings is 7. The van der Waals surface area contributed by atoms with Crippen LogP contribution in [0.15, 0.2) is 152 Å². The molecular formula is C42H25FN4. The van der Waals surface area contributed by atoms with Crippen molar-refractivity contribution in [2.45, 2.75) is 0 Å². The fourth-order valence-electron chi connectivity index (χ4n) is 6.52. The lowest BCUT2D eigenvalue weighted by atomic mass is 9.90. The van der Waals surface area contributed by atoms with Gasteiger partial charge in [0.05, 0.1) is 0 Å². The molecule has 9 aromatic rings. The van der Waals surface area contributed by atoms with Gasteiger partial charge in [-0.3, -0.25) is 4.98 Å². The quantitative estimate of drug-likeness (QED) is 0.183. The van der Waals surface area contributed by atoms with Crippen LogP contribution >= 0.6 is 0 Å². The molecule has 220 valence electrons. The van der Waals surface area contributed by atoms with E-state index in [4.69, 9.17) is 15.0 Å². The molecule has 47 heavy (non-hydrogen) atoms.